The second-order valence-corrected chi connectivity index (χ2v) is 7.09. The number of benzene rings is 1. The molecule has 2 aliphatic carbocycles. The average molecular weight is 340 g/mol. The minimum Gasteiger partial charge on any atom is -0.481 e. The van der Waals surface area contributed by atoms with Crippen molar-refractivity contribution in [2.24, 2.45) is 23.7 Å². The van der Waals surface area contributed by atoms with Crippen molar-refractivity contribution >= 4 is 28.3 Å². The lowest BCUT2D eigenvalue weighted by molar-refractivity contribution is -0.146. The Kier molecular flexibility index (Phi) is 3.69. The predicted octanol–water partition coefficient (Wildman–Crippen LogP) is 3.27. The Morgan fingerprint density at radius 2 is 1.83 bits per heavy atom. The Labute approximate surface area is 143 Å². The summed E-state index contributed by atoms with van der Waals surface area (Å²) in [5.74, 6) is -2.29. The highest BCUT2D eigenvalue weighted by Gasteiger charge is 2.51. The first-order chi connectivity index (χ1) is 11.6. The SMILES string of the molecule is O=C(O)[C@@H]1[C@@H](C(=O)Nc2nc(-c3ccccc3)cs2)[C@H]2C=C[C@H]1C2. The highest BCUT2D eigenvalue weighted by atomic mass is 32.1. The van der Waals surface area contributed by atoms with E-state index >= 15 is 0 Å². The van der Waals surface area contributed by atoms with Gasteiger partial charge in [0.1, 0.15) is 0 Å². The van der Waals surface area contributed by atoms with Crippen molar-refractivity contribution in [1.29, 1.82) is 0 Å². The van der Waals surface area contributed by atoms with Crippen molar-refractivity contribution in [3.05, 3.63) is 47.9 Å². The number of hydrogen-bond acceptors (Lipinski definition) is 4. The summed E-state index contributed by atoms with van der Waals surface area (Å²) in [6.07, 6.45) is 4.66. The van der Waals surface area contributed by atoms with Crippen LogP contribution in [-0.2, 0) is 9.59 Å². The number of anilines is 1. The molecule has 122 valence electrons. The molecule has 2 bridgehead atoms. The van der Waals surface area contributed by atoms with Crippen LogP contribution < -0.4 is 5.32 Å². The first kappa shape index (κ1) is 15.1. The molecule has 1 saturated carbocycles. The predicted molar refractivity (Wildman–Crippen MR) is 91.5 cm³/mol. The van der Waals surface area contributed by atoms with Gasteiger partial charge in [-0.3, -0.25) is 9.59 Å². The quantitative estimate of drug-likeness (QED) is 0.837. The number of aliphatic carboxylic acids is 1. The molecular weight excluding hydrogens is 324 g/mol. The van der Waals surface area contributed by atoms with Gasteiger partial charge in [-0.05, 0) is 18.3 Å². The number of nitrogens with zero attached hydrogens (tertiary/aromatic N) is 1. The van der Waals surface area contributed by atoms with Gasteiger partial charge in [-0.1, -0.05) is 42.5 Å². The number of carboxylic acids is 1. The molecule has 0 aliphatic heterocycles. The van der Waals surface area contributed by atoms with Crippen LogP contribution in [0, 0.1) is 23.7 Å². The number of nitrogens with one attached hydrogen (secondary N) is 1. The van der Waals surface area contributed by atoms with Gasteiger partial charge in [-0.25, -0.2) is 4.98 Å². The third kappa shape index (κ3) is 2.53. The first-order valence-electron chi connectivity index (χ1n) is 7.86. The summed E-state index contributed by atoms with van der Waals surface area (Å²) in [6.45, 7) is 0. The highest BCUT2D eigenvalue weighted by Crippen LogP contribution is 2.48. The molecule has 4 rings (SSSR count). The number of hydrogen-bond donors (Lipinski definition) is 2. The van der Waals surface area contributed by atoms with E-state index in [4.69, 9.17) is 0 Å². The average Bonchev–Trinajstić information content (AvgIpc) is 3.30. The Morgan fingerprint density at radius 1 is 1.12 bits per heavy atom. The minimum atomic E-state index is -0.892. The van der Waals surface area contributed by atoms with E-state index in [-0.39, 0.29) is 17.7 Å². The summed E-state index contributed by atoms with van der Waals surface area (Å²) < 4.78 is 0. The fourth-order valence-electron chi connectivity index (χ4n) is 3.78. The van der Waals surface area contributed by atoms with Crippen LogP contribution in [0.1, 0.15) is 6.42 Å². The Balaban J connectivity index is 1.52. The van der Waals surface area contributed by atoms with E-state index in [0.29, 0.717) is 5.13 Å². The summed E-state index contributed by atoms with van der Waals surface area (Å²) in [5, 5.41) is 14.7. The smallest absolute Gasteiger partial charge is 0.307 e. The Bertz CT molecular complexity index is 815. The molecule has 1 heterocycles. The van der Waals surface area contributed by atoms with Gasteiger partial charge < -0.3 is 10.4 Å². The molecule has 1 aromatic heterocycles. The van der Waals surface area contributed by atoms with E-state index in [9.17, 15) is 14.7 Å². The number of carbonyl (C=O) groups is 2. The van der Waals surface area contributed by atoms with Gasteiger partial charge in [-0.2, -0.15) is 0 Å². The topological polar surface area (TPSA) is 79.3 Å². The number of aromatic nitrogens is 1. The molecule has 0 spiro atoms. The van der Waals surface area contributed by atoms with Crippen LogP contribution in [0.5, 0.6) is 0 Å². The standard InChI is InChI=1S/C18H16N2O3S/c21-16(14-11-6-7-12(8-11)15(14)17(22)23)20-18-19-13(9-24-18)10-4-2-1-3-5-10/h1-7,9,11-12,14-15H,8H2,(H,22,23)(H,19,20,21)/t11-,12-,14-,15-/m0/s1. The summed E-state index contributed by atoms with van der Waals surface area (Å²) in [4.78, 5) is 28.6. The molecule has 0 radical (unpaired) electrons. The molecule has 0 unspecified atom stereocenters. The summed E-state index contributed by atoms with van der Waals surface area (Å²) in [6, 6.07) is 9.73. The molecule has 0 saturated heterocycles. The van der Waals surface area contributed by atoms with Crippen LogP contribution in [0.15, 0.2) is 47.9 Å². The van der Waals surface area contributed by atoms with E-state index < -0.39 is 17.8 Å². The van der Waals surface area contributed by atoms with Gasteiger partial charge >= 0.3 is 5.97 Å². The lowest BCUT2D eigenvalue weighted by Gasteiger charge is -2.23. The summed E-state index contributed by atoms with van der Waals surface area (Å²) in [5.41, 5.74) is 1.79. The zero-order valence-electron chi connectivity index (χ0n) is 12.8. The van der Waals surface area contributed by atoms with Gasteiger partial charge in [0.05, 0.1) is 17.5 Å². The molecule has 1 aromatic carbocycles. The van der Waals surface area contributed by atoms with E-state index in [1.165, 1.54) is 11.3 Å². The molecule has 1 fully saturated rings. The third-order valence-corrected chi connectivity index (χ3v) is 5.61. The van der Waals surface area contributed by atoms with E-state index in [1.54, 1.807) is 0 Å². The van der Waals surface area contributed by atoms with Crippen LogP contribution >= 0.6 is 11.3 Å². The van der Waals surface area contributed by atoms with Crippen molar-refractivity contribution < 1.29 is 14.7 Å². The highest BCUT2D eigenvalue weighted by molar-refractivity contribution is 7.14. The van der Waals surface area contributed by atoms with Crippen molar-refractivity contribution in [2.45, 2.75) is 6.42 Å². The van der Waals surface area contributed by atoms with Gasteiger partial charge in [0, 0.05) is 10.9 Å². The number of allylic oxidation sites excluding steroid dienone is 2. The molecule has 5 nitrogen and oxygen atoms in total. The van der Waals surface area contributed by atoms with Gasteiger partial charge in [-0.15, -0.1) is 11.3 Å². The van der Waals surface area contributed by atoms with E-state index in [1.807, 2.05) is 47.9 Å². The minimum absolute atomic E-state index is 0.0182. The molecule has 1 amide bonds. The lowest BCUT2D eigenvalue weighted by atomic mass is 9.82. The number of amides is 1. The maximum Gasteiger partial charge on any atom is 0.307 e. The fourth-order valence-corrected chi connectivity index (χ4v) is 4.50. The zero-order valence-corrected chi connectivity index (χ0v) is 13.6. The van der Waals surface area contributed by atoms with Crippen molar-refractivity contribution in [3.8, 4) is 11.3 Å². The number of carbonyl (C=O) groups excluding carboxylic acids is 1. The van der Waals surface area contributed by atoms with Crippen molar-refractivity contribution in [3.63, 3.8) is 0 Å². The lowest BCUT2D eigenvalue weighted by Crippen LogP contribution is -2.36. The van der Waals surface area contributed by atoms with Crippen molar-refractivity contribution in [2.75, 3.05) is 5.32 Å². The fraction of sp³-hybridized carbons (Fsp3) is 0.278. The van der Waals surface area contributed by atoms with Gasteiger partial charge in [0.25, 0.3) is 0 Å². The summed E-state index contributed by atoms with van der Waals surface area (Å²) in [7, 11) is 0. The third-order valence-electron chi connectivity index (χ3n) is 4.85. The van der Waals surface area contributed by atoms with Crippen LogP contribution in [0.4, 0.5) is 5.13 Å². The monoisotopic (exact) mass is 340 g/mol. The largest absolute Gasteiger partial charge is 0.481 e. The number of thiazole rings is 1. The van der Waals surface area contributed by atoms with E-state index in [2.05, 4.69) is 10.3 Å². The Morgan fingerprint density at radius 3 is 2.54 bits per heavy atom. The molecule has 4 atom stereocenters. The number of rotatable bonds is 4. The second-order valence-electron chi connectivity index (χ2n) is 6.23. The maximum atomic E-state index is 12.6. The molecule has 2 aromatic rings. The van der Waals surface area contributed by atoms with Crippen LogP contribution in [0.3, 0.4) is 0 Å². The first-order valence-corrected chi connectivity index (χ1v) is 8.74. The number of fused-ring (bicyclic) bond motifs is 2. The molecule has 6 heteroatoms. The molecular formula is C18H16N2O3S. The van der Waals surface area contributed by atoms with Crippen LogP contribution in [0.2, 0.25) is 0 Å². The molecule has 24 heavy (non-hydrogen) atoms. The van der Waals surface area contributed by atoms with Crippen molar-refractivity contribution in [1.82, 2.24) is 4.98 Å². The molecule has 2 aliphatic rings. The van der Waals surface area contributed by atoms with Gasteiger partial charge in [0.2, 0.25) is 5.91 Å². The number of carboxylic acid groups (broad SMARTS) is 1. The normalized spacial score (nSPS) is 27.3. The Hall–Kier alpha value is -2.47. The molecule has 2 N–H and O–H groups in total. The van der Waals surface area contributed by atoms with Crippen LogP contribution in [0.25, 0.3) is 11.3 Å². The summed E-state index contributed by atoms with van der Waals surface area (Å²) >= 11 is 1.35. The van der Waals surface area contributed by atoms with E-state index in [0.717, 1.165) is 17.7 Å². The second kappa shape index (κ2) is 5.87. The maximum absolute atomic E-state index is 12.6. The zero-order chi connectivity index (χ0) is 16.7. The van der Waals surface area contributed by atoms with Gasteiger partial charge in [0.15, 0.2) is 5.13 Å². The van der Waals surface area contributed by atoms with Crippen LogP contribution in [-0.4, -0.2) is 22.0 Å².